The molecule has 0 fully saturated rings. The van der Waals surface area contributed by atoms with Gasteiger partial charge >= 0.3 is 0 Å². The number of carbonyl (C=O) groups excluding carboxylic acids is 1. The van der Waals surface area contributed by atoms with Crippen molar-refractivity contribution in [2.24, 2.45) is 5.92 Å². The van der Waals surface area contributed by atoms with Crippen LogP contribution in [0.15, 0.2) is 24.3 Å². The first-order chi connectivity index (χ1) is 7.17. The lowest BCUT2D eigenvalue weighted by Gasteiger charge is -2.06. The van der Waals surface area contributed by atoms with E-state index in [4.69, 9.17) is 10.00 Å². The Hall–Kier alpha value is -2.02. The minimum atomic E-state index is -0.646. The molecule has 0 aliphatic rings. The van der Waals surface area contributed by atoms with Crippen LogP contribution in [0.25, 0.3) is 0 Å². The van der Waals surface area contributed by atoms with Gasteiger partial charge in [-0.1, -0.05) is 0 Å². The highest BCUT2D eigenvalue weighted by Gasteiger charge is 2.11. The van der Waals surface area contributed by atoms with E-state index in [1.165, 1.54) is 0 Å². The number of amides is 1. The molecule has 78 valence electrons. The lowest BCUT2D eigenvalue weighted by molar-refractivity contribution is -0.117. The third kappa shape index (κ3) is 2.99. The van der Waals surface area contributed by atoms with E-state index in [1.807, 2.05) is 6.07 Å². The van der Waals surface area contributed by atoms with Gasteiger partial charge in [-0.2, -0.15) is 5.26 Å². The first-order valence-corrected chi connectivity index (χ1v) is 4.52. The van der Waals surface area contributed by atoms with Gasteiger partial charge in [0.1, 0.15) is 11.7 Å². The van der Waals surface area contributed by atoms with Gasteiger partial charge in [-0.05, 0) is 31.2 Å². The number of hydrogen-bond donors (Lipinski definition) is 1. The van der Waals surface area contributed by atoms with Crippen molar-refractivity contribution in [2.45, 2.75) is 6.92 Å². The quantitative estimate of drug-likeness (QED) is 0.816. The van der Waals surface area contributed by atoms with E-state index < -0.39 is 5.92 Å². The molecule has 0 radical (unpaired) electrons. The average Bonchev–Trinajstić information content (AvgIpc) is 2.29. The molecule has 0 aliphatic carbocycles. The van der Waals surface area contributed by atoms with Crippen LogP contribution in [0.1, 0.15) is 6.92 Å². The number of hydrogen-bond acceptors (Lipinski definition) is 3. The number of ether oxygens (including phenoxy) is 1. The zero-order valence-corrected chi connectivity index (χ0v) is 8.65. The summed E-state index contributed by atoms with van der Waals surface area (Å²) >= 11 is 0. The number of benzene rings is 1. The van der Waals surface area contributed by atoms with Crippen molar-refractivity contribution < 1.29 is 9.53 Å². The summed E-state index contributed by atoms with van der Waals surface area (Å²) < 4.78 is 4.98. The Morgan fingerprint density at radius 1 is 1.47 bits per heavy atom. The number of carbonyl (C=O) groups is 1. The second kappa shape index (κ2) is 5.01. The van der Waals surface area contributed by atoms with Crippen LogP contribution in [-0.4, -0.2) is 13.0 Å². The van der Waals surface area contributed by atoms with Crippen LogP contribution < -0.4 is 10.1 Å². The first-order valence-electron chi connectivity index (χ1n) is 4.52. The topological polar surface area (TPSA) is 62.1 Å². The van der Waals surface area contributed by atoms with Crippen molar-refractivity contribution in [3.63, 3.8) is 0 Å². The number of methoxy groups -OCH3 is 1. The molecule has 1 amide bonds. The van der Waals surface area contributed by atoms with Crippen LogP contribution >= 0.6 is 0 Å². The van der Waals surface area contributed by atoms with Gasteiger partial charge in [0.05, 0.1) is 13.2 Å². The Morgan fingerprint density at radius 2 is 2.07 bits per heavy atom. The molecular weight excluding hydrogens is 192 g/mol. The summed E-state index contributed by atoms with van der Waals surface area (Å²) in [6.45, 7) is 1.55. The molecule has 1 rings (SSSR count). The van der Waals surface area contributed by atoms with E-state index >= 15 is 0 Å². The fourth-order valence-corrected chi connectivity index (χ4v) is 0.983. The van der Waals surface area contributed by atoms with Gasteiger partial charge in [0.2, 0.25) is 5.91 Å². The molecule has 1 atom stereocenters. The number of nitrogens with one attached hydrogen (secondary N) is 1. The maximum absolute atomic E-state index is 11.3. The molecule has 0 spiro atoms. The predicted octanol–water partition coefficient (Wildman–Crippen LogP) is 1.79. The van der Waals surface area contributed by atoms with E-state index in [1.54, 1.807) is 38.3 Å². The molecule has 0 aromatic heterocycles. The molecule has 0 saturated heterocycles. The average molecular weight is 204 g/mol. The van der Waals surface area contributed by atoms with Crippen LogP contribution in [0.4, 0.5) is 5.69 Å². The van der Waals surface area contributed by atoms with Crippen molar-refractivity contribution in [1.29, 1.82) is 5.26 Å². The largest absolute Gasteiger partial charge is 0.497 e. The maximum atomic E-state index is 11.3. The number of rotatable bonds is 3. The molecule has 1 N–H and O–H groups in total. The predicted molar refractivity (Wildman–Crippen MR) is 56.4 cm³/mol. The lowest BCUT2D eigenvalue weighted by Crippen LogP contribution is -2.18. The molecule has 0 saturated carbocycles. The van der Waals surface area contributed by atoms with E-state index in [0.717, 1.165) is 5.75 Å². The Labute approximate surface area is 88.5 Å². The molecule has 1 aromatic carbocycles. The summed E-state index contributed by atoms with van der Waals surface area (Å²) in [4.78, 5) is 11.3. The van der Waals surface area contributed by atoms with Gasteiger partial charge in [0.15, 0.2) is 0 Å². The van der Waals surface area contributed by atoms with Crippen molar-refractivity contribution in [1.82, 2.24) is 0 Å². The minimum absolute atomic E-state index is 0.303. The van der Waals surface area contributed by atoms with Gasteiger partial charge in [0.25, 0.3) is 0 Å². The van der Waals surface area contributed by atoms with Crippen LogP contribution in [0.5, 0.6) is 5.75 Å². The summed E-state index contributed by atoms with van der Waals surface area (Å²) in [6, 6.07) is 8.80. The fraction of sp³-hybridized carbons (Fsp3) is 0.273. The van der Waals surface area contributed by atoms with Gasteiger partial charge in [-0.3, -0.25) is 4.79 Å². The summed E-state index contributed by atoms with van der Waals surface area (Å²) in [6.07, 6.45) is 0. The molecule has 4 heteroatoms. The molecule has 0 heterocycles. The fourth-order valence-electron chi connectivity index (χ4n) is 0.983. The number of nitriles is 1. The SMILES string of the molecule is COc1ccc(NC(=O)C(C)C#N)cc1. The summed E-state index contributed by atoms with van der Waals surface area (Å²) in [5.41, 5.74) is 0.655. The second-order valence-corrected chi connectivity index (χ2v) is 3.07. The highest BCUT2D eigenvalue weighted by atomic mass is 16.5. The molecule has 0 bridgehead atoms. The van der Waals surface area contributed by atoms with Crippen molar-refractivity contribution in [3.8, 4) is 11.8 Å². The Kier molecular flexibility index (Phi) is 3.69. The minimum Gasteiger partial charge on any atom is -0.497 e. The summed E-state index contributed by atoms with van der Waals surface area (Å²) in [5, 5.41) is 11.2. The normalized spacial score (nSPS) is 11.3. The molecule has 1 unspecified atom stereocenters. The maximum Gasteiger partial charge on any atom is 0.241 e. The van der Waals surface area contributed by atoms with Gasteiger partial charge in [0, 0.05) is 5.69 Å². The van der Waals surface area contributed by atoms with E-state index in [9.17, 15) is 4.79 Å². The van der Waals surface area contributed by atoms with Crippen molar-refractivity contribution in [2.75, 3.05) is 12.4 Å². The van der Waals surface area contributed by atoms with Crippen molar-refractivity contribution in [3.05, 3.63) is 24.3 Å². The second-order valence-electron chi connectivity index (χ2n) is 3.07. The van der Waals surface area contributed by atoms with Gasteiger partial charge in [-0.25, -0.2) is 0 Å². The van der Waals surface area contributed by atoms with E-state index in [-0.39, 0.29) is 5.91 Å². The van der Waals surface area contributed by atoms with Crippen molar-refractivity contribution >= 4 is 11.6 Å². The molecule has 0 aliphatic heterocycles. The number of anilines is 1. The standard InChI is InChI=1S/C11H12N2O2/c1-8(7-12)11(14)13-9-3-5-10(15-2)6-4-9/h3-6,8H,1-2H3,(H,13,14). The van der Waals surface area contributed by atoms with Crippen LogP contribution in [-0.2, 0) is 4.79 Å². The van der Waals surface area contributed by atoms with E-state index in [0.29, 0.717) is 5.69 Å². The van der Waals surface area contributed by atoms with Gasteiger partial charge < -0.3 is 10.1 Å². The van der Waals surface area contributed by atoms with Crippen LogP contribution in [0.3, 0.4) is 0 Å². The third-order valence-corrected chi connectivity index (χ3v) is 1.94. The highest BCUT2D eigenvalue weighted by Crippen LogP contribution is 2.15. The molecule has 4 nitrogen and oxygen atoms in total. The summed E-state index contributed by atoms with van der Waals surface area (Å²) in [5.74, 6) is -0.226. The first kappa shape index (κ1) is 11.1. The molecular formula is C11H12N2O2. The zero-order valence-electron chi connectivity index (χ0n) is 8.65. The highest BCUT2D eigenvalue weighted by molar-refractivity contribution is 5.93. The van der Waals surface area contributed by atoms with Crippen LogP contribution in [0.2, 0.25) is 0 Å². The summed E-state index contributed by atoms with van der Waals surface area (Å²) in [7, 11) is 1.57. The van der Waals surface area contributed by atoms with Gasteiger partial charge in [-0.15, -0.1) is 0 Å². The Balaban J connectivity index is 2.66. The number of nitrogens with zero attached hydrogens (tertiary/aromatic N) is 1. The molecule has 15 heavy (non-hydrogen) atoms. The third-order valence-electron chi connectivity index (χ3n) is 1.94. The lowest BCUT2D eigenvalue weighted by atomic mass is 10.2. The smallest absolute Gasteiger partial charge is 0.241 e. The Morgan fingerprint density at radius 3 is 2.53 bits per heavy atom. The zero-order chi connectivity index (χ0) is 11.3. The Bertz CT molecular complexity index is 379. The van der Waals surface area contributed by atoms with E-state index in [2.05, 4.69) is 5.32 Å². The van der Waals surface area contributed by atoms with Crippen LogP contribution in [0, 0.1) is 17.2 Å². The monoisotopic (exact) mass is 204 g/mol. The molecule has 1 aromatic rings.